The van der Waals surface area contributed by atoms with Gasteiger partial charge in [0.1, 0.15) is 11.8 Å². The molecule has 0 aliphatic rings. The number of benzene rings is 1. The van der Waals surface area contributed by atoms with Crippen LogP contribution in [0.5, 0.6) is 0 Å². The van der Waals surface area contributed by atoms with E-state index < -0.39 is 6.10 Å². The lowest BCUT2D eigenvalue weighted by Gasteiger charge is -2.03. The Morgan fingerprint density at radius 1 is 1.20 bits per heavy atom. The van der Waals surface area contributed by atoms with Crippen molar-refractivity contribution < 1.29 is 5.11 Å². The van der Waals surface area contributed by atoms with Crippen molar-refractivity contribution in [3.8, 4) is 23.0 Å². The van der Waals surface area contributed by atoms with Crippen LogP contribution in [0.1, 0.15) is 18.2 Å². The summed E-state index contributed by atoms with van der Waals surface area (Å²) in [5.41, 5.74) is 4.09. The lowest BCUT2D eigenvalue weighted by Crippen LogP contribution is -1.93. The van der Waals surface area contributed by atoms with Gasteiger partial charge in [0.05, 0.1) is 0 Å². The van der Waals surface area contributed by atoms with Crippen LogP contribution in [0.15, 0.2) is 55.3 Å². The summed E-state index contributed by atoms with van der Waals surface area (Å²) in [5.74, 6) is 5.50. The Morgan fingerprint density at radius 2 is 1.90 bits per heavy atom. The fourth-order valence-corrected chi connectivity index (χ4v) is 1.82. The van der Waals surface area contributed by atoms with Crippen LogP contribution >= 0.6 is 0 Å². The number of pyridine rings is 1. The third-order valence-electron chi connectivity index (χ3n) is 2.84. The lowest BCUT2D eigenvalue weighted by atomic mass is 10.0. The molecule has 0 saturated heterocycles. The van der Waals surface area contributed by atoms with Crippen molar-refractivity contribution in [1.82, 2.24) is 4.98 Å². The van der Waals surface area contributed by atoms with Gasteiger partial charge in [0, 0.05) is 11.8 Å². The first-order chi connectivity index (χ1) is 9.69. The summed E-state index contributed by atoms with van der Waals surface area (Å²) in [6.07, 6.45) is 3.95. The molecule has 0 spiro atoms. The number of aromatic nitrogens is 1. The predicted octanol–water partition coefficient (Wildman–Crippen LogP) is 3.21. The van der Waals surface area contributed by atoms with Crippen molar-refractivity contribution in [2.75, 3.05) is 0 Å². The van der Waals surface area contributed by atoms with Crippen LogP contribution in [0.2, 0.25) is 0 Å². The Bertz CT molecular complexity index is 628. The highest BCUT2D eigenvalue weighted by Gasteiger charge is 1.99. The number of rotatable bonds is 3. The molecule has 1 unspecified atom stereocenters. The predicted molar refractivity (Wildman–Crippen MR) is 82.1 cm³/mol. The summed E-state index contributed by atoms with van der Waals surface area (Å²) in [7, 11) is 0. The molecule has 0 amide bonds. The molecule has 1 heterocycles. The molecule has 20 heavy (non-hydrogen) atoms. The fraction of sp³-hybridized carbons (Fsp3) is 0.167. The minimum absolute atomic E-state index is 0.631. The minimum atomic E-state index is -0.631. The van der Waals surface area contributed by atoms with E-state index in [9.17, 15) is 0 Å². The zero-order chi connectivity index (χ0) is 14.4. The Morgan fingerprint density at radius 3 is 2.45 bits per heavy atom. The maximum atomic E-state index is 9.11. The van der Waals surface area contributed by atoms with Crippen LogP contribution in [0, 0.1) is 11.8 Å². The van der Waals surface area contributed by atoms with E-state index in [0.29, 0.717) is 5.69 Å². The third-order valence-corrected chi connectivity index (χ3v) is 2.84. The highest BCUT2D eigenvalue weighted by molar-refractivity contribution is 5.63. The normalized spacial score (nSPS) is 11.3. The maximum absolute atomic E-state index is 9.11. The summed E-state index contributed by atoms with van der Waals surface area (Å²) in [4.78, 5) is 4.28. The molecule has 0 aliphatic heterocycles. The number of nitrogens with zero attached hydrogens (tertiary/aromatic N) is 1. The maximum Gasteiger partial charge on any atom is 0.113 e. The third kappa shape index (κ3) is 3.81. The molecule has 1 atom stereocenters. The van der Waals surface area contributed by atoms with Crippen LogP contribution in [0.3, 0.4) is 0 Å². The second-order valence-electron chi connectivity index (χ2n) is 4.57. The van der Waals surface area contributed by atoms with Crippen molar-refractivity contribution >= 4 is 0 Å². The van der Waals surface area contributed by atoms with Crippen LogP contribution < -0.4 is 0 Å². The Balaban J connectivity index is 2.17. The van der Waals surface area contributed by atoms with Crippen LogP contribution in [0.25, 0.3) is 11.1 Å². The summed E-state index contributed by atoms with van der Waals surface area (Å²) in [6, 6.07) is 12.2. The molecule has 2 heteroatoms. The molecular formula is C18H17NO. The van der Waals surface area contributed by atoms with Crippen LogP contribution in [-0.4, -0.2) is 16.2 Å². The van der Waals surface area contributed by atoms with Gasteiger partial charge in [-0.3, -0.25) is 0 Å². The van der Waals surface area contributed by atoms with E-state index in [-0.39, 0.29) is 0 Å². The highest BCUT2D eigenvalue weighted by atomic mass is 16.3. The fourth-order valence-electron chi connectivity index (χ4n) is 1.82. The topological polar surface area (TPSA) is 33.1 Å². The van der Waals surface area contributed by atoms with Gasteiger partial charge in [-0.1, -0.05) is 42.3 Å². The number of aliphatic hydroxyl groups excluding tert-OH is 1. The first-order valence-electron chi connectivity index (χ1n) is 6.55. The second kappa shape index (κ2) is 6.70. The SMILES string of the molecule is C=CCc1ccc(-c2ccc(C#CC(C)O)nc2)cc1. The van der Waals surface area contributed by atoms with Crippen molar-refractivity contribution in [2.45, 2.75) is 19.4 Å². The standard InChI is InChI=1S/C18H17NO/c1-3-4-15-6-8-16(9-7-15)17-10-12-18(19-13-17)11-5-14(2)20/h3,6-10,12-14,20H,1,4H2,2H3. The van der Waals surface area contributed by atoms with E-state index in [4.69, 9.17) is 5.11 Å². The van der Waals surface area contributed by atoms with Gasteiger partial charge in [0.25, 0.3) is 0 Å². The van der Waals surface area contributed by atoms with Crippen LogP contribution in [0.4, 0.5) is 0 Å². The minimum Gasteiger partial charge on any atom is -0.381 e. The highest BCUT2D eigenvalue weighted by Crippen LogP contribution is 2.19. The molecule has 2 rings (SSSR count). The van der Waals surface area contributed by atoms with E-state index >= 15 is 0 Å². The van der Waals surface area contributed by atoms with Gasteiger partial charge in [-0.2, -0.15) is 0 Å². The molecule has 100 valence electrons. The number of aliphatic hydroxyl groups is 1. The van der Waals surface area contributed by atoms with E-state index in [1.54, 1.807) is 13.1 Å². The molecule has 0 saturated carbocycles. The van der Waals surface area contributed by atoms with Gasteiger partial charge in [-0.15, -0.1) is 6.58 Å². The van der Waals surface area contributed by atoms with Crippen molar-refractivity contribution in [3.05, 3.63) is 66.5 Å². The summed E-state index contributed by atoms with van der Waals surface area (Å²) < 4.78 is 0. The number of hydrogen-bond donors (Lipinski definition) is 1. The zero-order valence-corrected chi connectivity index (χ0v) is 11.5. The van der Waals surface area contributed by atoms with Gasteiger partial charge in [-0.25, -0.2) is 4.98 Å². The van der Waals surface area contributed by atoms with E-state index in [1.165, 1.54) is 5.56 Å². The average Bonchev–Trinajstić information content (AvgIpc) is 2.47. The van der Waals surface area contributed by atoms with Crippen LogP contribution in [-0.2, 0) is 6.42 Å². The molecule has 1 N–H and O–H groups in total. The molecule has 0 radical (unpaired) electrons. The van der Waals surface area contributed by atoms with E-state index in [2.05, 4.69) is 47.7 Å². The lowest BCUT2D eigenvalue weighted by molar-refractivity contribution is 0.253. The quantitative estimate of drug-likeness (QED) is 0.681. The summed E-state index contributed by atoms with van der Waals surface area (Å²) >= 11 is 0. The largest absolute Gasteiger partial charge is 0.381 e. The molecule has 1 aromatic heterocycles. The smallest absolute Gasteiger partial charge is 0.113 e. The van der Waals surface area contributed by atoms with Gasteiger partial charge in [-0.05, 0) is 36.5 Å². The summed E-state index contributed by atoms with van der Waals surface area (Å²) in [6.45, 7) is 5.37. The zero-order valence-electron chi connectivity index (χ0n) is 11.5. The molecule has 0 bridgehead atoms. The first-order valence-corrected chi connectivity index (χ1v) is 6.55. The summed E-state index contributed by atoms with van der Waals surface area (Å²) in [5, 5.41) is 9.11. The van der Waals surface area contributed by atoms with E-state index in [0.717, 1.165) is 17.5 Å². The first kappa shape index (κ1) is 14.0. The molecule has 0 fully saturated rings. The molecule has 2 nitrogen and oxygen atoms in total. The second-order valence-corrected chi connectivity index (χ2v) is 4.57. The molecule has 1 aromatic carbocycles. The molecule has 2 aromatic rings. The Labute approximate surface area is 119 Å². The number of hydrogen-bond acceptors (Lipinski definition) is 2. The van der Waals surface area contributed by atoms with Crippen molar-refractivity contribution in [1.29, 1.82) is 0 Å². The van der Waals surface area contributed by atoms with Gasteiger partial charge < -0.3 is 5.11 Å². The Kier molecular flexibility index (Phi) is 4.70. The Hall–Kier alpha value is -2.37. The van der Waals surface area contributed by atoms with E-state index in [1.807, 2.05) is 18.2 Å². The van der Waals surface area contributed by atoms with Crippen molar-refractivity contribution in [2.24, 2.45) is 0 Å². The molecule has 0 aliphatic carbocycles. The average molecular weight is 263 g/mol. The van der Waals surface area contributed by atoms with Gasteiger partial charge in [0.2, 0.25) is 0 Å². The monoisotopic (exact) mass is 263 g/mol. The molecular weight excluding hydrogens is 246 g/mol. The van der Waals surface area contributed by atoms with Crippen molar-refractivity contribution in [3.63, 3.8) is 0 Å². The number of allylic oxidation sites excluding steroid dienone is 1. The van der Waals surface area contributed by atoms with Gasteiger partial charge >= 0.3 is 0 Å². The van der Waals surface area contributed by atoms with Gasteiger partial charge in [0.15, 0.2) is 0 Å².